The van der Waals surface area contributed by atoms with Gasteiger partial charge >= 0.3 is 0 Å². The number of unbranched alkanes of at least 4 members (excludes halogenated alkanes) is 1. The highest BCUT2D eigenvalue weighted by Gasteiger charge is 2.20. The molecule has 0 bridgehead atoms. The molecule has 0 aliphatic carbocycles. The Hall–Kier alpha value is -2.92. The highest BCUT2D eigenvalue weighted by atomic mass is 35.5. The number of halogens is 1. The van der Waals surface area contributed by atoms with Gasteiger partial charge in [0.25, 0.3) is 0 Å². The average Bonchev–Trinajstić information content (AvgIpc) is 3.19. The molecule has 0 saturated heterocycles. The first-order valence-electron chi connectivity index (χ1n) is 9.29. The zero-order valence-electron chi connectivity index (χ0n) is 15.5. The Kier molecular flexibility index (Phi) is 5.26. The van der Waals surface area contributed by atoms with Gasteiger partial charge in [-0.15, -0.1) is 0 Å². The topological polar surface area (TPSA) is 63.6 Å². The van der Waals surface area contributed by atoms with Gasteiger partial charge in [-0.05, 0) is 48.4 Å². The minimum absolute atomic E-state index is 0.131. The van der Waals surface area contributed by atoms with Crippen molar-refractivity contribution < 1.29 is 14.6 Å². The Labute approximate surface area is 168 Å². The molecule has 2 heterocycles. The lowest BCUT2D eigenvalue weighted by molar-refractivity contribution is 0.174. The summed E-state index contributed by atoms with van der Waals surface area (Å²) in [5.74, 6) is 2.31. The van der Waals surface area contributed by atoms with Gasteiger partial charge in [0.1, 0.15) is 11.6 Å². The Bertz CT molecular complexity index is 1010. The standard InChI is InChI=1S/C22H21ClN2O3/c1-2-3-9-24-21-11-14(16-5-4-6-20-22(16)28-13-27-20)10-18(25-21)17-12-15(23)7-8-19(17)26/h4-8,10-12,26H,2-3,9,13H2,1H3,(H,24,25). The summed E-state index contributed by atoms with van der Waals surface area (Å²) in [6.45, 7) is 3.17. The van der Waals surface area contributed by atoms with E-state index in [1.807, 2.05) is 30.3 Å². The summed E-state index contributed by atoms with van der Waals surface area (Å²) < 4.78 is 11.2. The predicted molar refractivity (Wildman–Crippen MR) is 111 cm³/mol. The molecule has 2 N–H and O–H groups in total. The van der Waals surface area contributed by atoms with Gasteiger partial charge < -0.3 is 19.9 Å². The monoisotopic (exact) mass is 396 g/mol. The normalized spacial score (nSPS) is 12.2. The van der Waals surface area contributed by atoms with E-state index in [0.717, 1.165) is 47.8 Å². The van der Waals surface area contributed by atoms with Crippen LogP contribution in [0.15, 0.2) is 48.5 Å². The number of hydrogen-bond donors (Lipinski definition) is 2. The number of para-hydroxylation sites is 1. The maximum Gasteiger partial charge on any atom is 0.231 e. The van der Waals surface area contributed by atoms with Crippen LogP contribution in [0.5, 0.6) is 17.2 Å². The van der Waals surface area contributed by atoms with Crippen molar-refractivity contribution in [1.29, 1.82) is 0 Å². The van der Waals surface area contributed by atoms with Crippen LogP contribution in [0.1, 0.15) is 19.8 Å². The number of phenolic OH excluding ortho intramolecular Hbond substituents is 1. The lowest BCUT2D eigenvalue weighted by atomic mass is 10.0. The molecule has 0 radical (unpaired) electrons. The minimum atomic E-state index is 0.131. The molecule has 0 unspecified atom stereocenters. The molecule has 0 fully saturated rings. The summed E-state index contributed by atoms with van der Waals surface area (Å²) in [4.78, 5) is 4.69. The summed E-state index contributed by atoms with van der Waals surface area (Å²) in [5, 5.41) is 14.3. The molecule has 0 spiro atoms. The molecule has 1 aliphatic rings. The van der Waals surface area contributed by atoms with Gasteiger partial charge in [-0.1, -0.05) is 37.1 Å². The number of anilines is 1. The SMILES string of the molecule is CCCCNc1cc(-c2cccc3c2OCO3)cc(-c2cc(Cl)ccc2O)n1. The quantitative estimate of drug-likeness (QED) is 0.522. The number of aromatic hydroxyl groups is 1. The molecular formula is C22H21ClN2O3. The number of benzene rings is 2. The van der Waals surface area contributed by atoms with Crippen molar-refractivity contribution in [3.63, 3.8) is 0 Å². The van der Waals surface area contributed by atoms with Gasteiger partial charge in [0.2, 0.25) is 6.79 Å². The fraction of sp³-hybridized carbons (Fsp3) is 0.227. The van der Waals surface area contributed by atoms with Crippen LogP contribution in [0.2, 0.25) is 5.02 Å². The molecule has 3 aromatic rings. The van der Waals surface area contributed by atoms with Crippen LogP contribution in [0.25, 0.3) is 22.4 Å². The molecule has 0 amide bonds. The number of phenols is 1. The number of ether oxygens (including phenoxy) is 2. The highest BCUT2D eigenvalue weighted by Crippen LogP contribution is 2.43. The molecule has 5 nitrogen and oxygen atoms in total. The van der Waals surface area contributed by atoms with E-state index in [0.29, 0.717) is 16.3 Å². The molecule has 4 rings (SSSR count). The van der Waals surface area contributed by atoms with Crippen LogP contribution >= 0.6 is 11.6 Å². The Morgan fingerprint density at radius 3 is 2.86 bits per heavy atom. The second-order valence-electron chi connectivity index (χ2n) is 6.61. The zero-order valence-corrected chi connectivity index (χ0v) is 16.3. The van der Waals surface area contributed by atoms with Crippen molar-refractivity contribution in [2.75, 3.05) is 18.7 Å². The van der Waals surface area contributed by atoms with Gasteiger partial charge in [-0.25, -0.2) is 4.98 Å². The third-order valence-electron chi connectivity index (χ3n) is 4.60. The fourth-order valence-electron chi connectivity index (χ4n) is 3.18. The van der Waals surface area contributed by atoms with Crippen LogP contribution in [-0.4, -0.2) is 23.4 Å². The van der Waals surface area contributed by atoms with Crippen LogP contribution in [-0.2, 0) is 0 Å². The highest BCUT2D eigenvalue weighted by molar-refractivity contribution is 6.31. The summed E-state index contributed by atoms with van der Waals surface area (Å²) in [5.41, 5.74) is 3.05. The second kappa shape index (κ2) is 7.98. The molecule has 28 heavy (non-hydrogen) atoms. The predicted octanol–water partition coefficient (Wildman–Crippen LogP) is 5.72. The van der Waals surface area contributed by atoms with Crippen LogP contribution in [0, 0.1) is 0 Å². The van der Waals surface area contributed by atoms with Crippen molar-refractivity contribution in [2.45, 2.75) is 19.8 Å². The largest absolute Gasteiger partial charge is 0.507 e. The molecule has 144 valence electrons. The first-order valence-corrected chi connectivity index (χ1v) is 9.67. The number of fused-ring (bicyclic) bond motifs is 1. The first-order chi connectivity index (χ1) is 13.7. The summed E-state index contributed by atoms with van der Waals surface area (Å²) in [6, 6.07) is 14.7. The summed E-state index contributed by atoms with van der Waals surface area (Å²) >= 11 is 6.15. The molecule has 2 aromatic carbocycles. The van der Waals surface area contributed by atoms with E-state index in [9.17, 15) is 5.11 Å². The van der Waals surface area contributed by atoms with Crippen LogP contribution < -0.4 is 14.8 Å². The van der Waals surface area contributed by atoms with Gasteiger partial charge in [-0.2, -0.15) is 0 Å². The van der Waals surface area contributed by atoms with Crippen molar-refractivity contribution in [3.8, 4) is 39.6 Å². The van der Waals surface area contributed by atoms with Crippen molar-refractivity contribution >= 4 is 17.4 Å². The van der Waals surface area contributed by atoms with Crippen molar-refractivity contribution in [2.24, 2.45) is 0 Å². The summed E-state index contributed by atoms with van der Waals surface area (Å²) in [6.07, 6.45) is 2.13. The van der Waals surface area contributed by atoms with E-state index >= 15 is 0 Å². The molecular weight excluding hydrogens is 376 g/mol. The number of hydrogen-bond acceptors (Lipinski definition) is 5. The lowest BCUT2D eigenvalue weighted by Crippen LogP contribution is -2.04. The molecule has 0 atom stereocenters. The van der Waals surface area contributed by atoms with E-state index in [-0.39, 0.29) is 12.5 Å². The average molecular weight is 397 g/mol. The maximum atomic E-state index is 10.3. The molecule has 6 heteroatoms. The Balaban J connectivity index is 1.83. The van der Waals surface area contributed by atoms with Crippen molar-refractivity contribution in [3.05, 3.63) is 53.6 Å². The second-order valence-corrected chi connectivity index (χ2v) is 7.04. The van der Waals surface area contributed by atoms with Crippen LogP contribution in [0.4, 0.5) is 5.82 Å². The van der Waals surface area contributed by atoms with Gasteiger partial charge in [0.15, 0.2) is 11.5 Å². The molecule has 1 aromatic heterocycles. The van der Waals surface area contributed by atoms with E-state index in [1.54, 1.807) is 18.2 Å². The number of rotatable bonds is 6. The summed E-state index contributed by atoms with van der Waals surface area (Å²) in [7, 11) is 0. The third kappa shape index (κ3) is 3.71. The van der Waals surface area contributed by atoms with Crippen molar-refractivity contribution in [1.82, 2.24) is 4.98 Å². The fourth-order valence-corrected chi connectivity index (χ4v) is 3.35. The van der Waals surface area contributed by atoms with Gasteiger partial charge in [0.05, 0.1) is 5.69 Å². The maximum absolute atomic E-state index is 10.3. The third-order valence-corrected chi connectivity index (χ3v) is 4.84. The van der Waals surface area contributed by atoms with E-state index in [4.69, 9.17) is 26.1 Å². The van der Waals surface area contributed by atoms with Crippen LogP contribution in [0.3, 0.4) is 0 Å². The first kappa shape index (κ1) is 18.4. The lowest BCUT2D eigenvalue weighted by Gasteiger charge is -2.13. The van der Waals surface area contributed by atoms with E-state index < -0.39 is 0 Å². The number of pyridine rings is 1. The van der Waals surface area contributed by atoms with E-state index in [2.05, 4.69) is 12.2 Å². The number of nitrogens with one attached hydrogen (secondary N) is 1. The molecule has 1 aliphatic heterocycles. The molecule has 0 saturated carbocycles. The number of aromatic nitrogens is 1. The minimum Gasteiger partial charge on any atom is -0.507 e. The Morgan fingerprint density at radius 1 is 1.11 bits per heavy atom. The van der Waals surface area contributed by atoms with E-state index in [1.165, 1.54) is 0 Å². The van der Waals surface area contributed by atoms with Gasteiger partial charge in [-0.3, -0.25) is 0 Å². The smallest absolute Gasteiger partial charge is 0.231 e. The Morgan fingerprint density at radius 2 is 2.00 bits per heavy atom. The zero-order chi connectivity index (χ0) is 19.5. The van der Waals surface area contributed by atoms with Gasteiger partial charge in [0, 0.05) is 22.7 Å². The number of nitrogens with zero attached hydrogens (tertiary/aromatic N) is 1.